The summed E-state index contributed by atoms with van der Waals surface area (Å²) >= 11 is 0. The molecule has 1 saturated carbocycles. The number of nitrogens with one attached hydrogen (secondary N) is 1. The number of hydrogen-bond acceptors (Lipinski definition) is 6. The van der Waals surface area contributed by atoms with Gasteiger partial charge in [0.15, 0.2) is 0 Å². The third-order valence-corrected chi connectivity index (χ3v) is 8.37. The van der Waals surface area contributed by atoms with Gasteiger partial charge in [-0.1, -0.05) is 6.42 Å². The molecule has 1 aromatic rings. The van der Waals surface area contributed by atoms with Gasteiger partial charge in [-0.05, 0) is 30.9 Å². The zero-order chi connectivity index (χ0) is 25.7. The summed E-state index contributed by atoms with van der Waals surface area (Å²) in [6.45, 7) is 1.64. The fraction of sp³-hybridized carbons (Fsp3) is 0.708. The number of aromatic nitrogens is 1. The number of fused-ring (bicyclic) bond motifs is 2. The topological polar surface area (TPSA) is 110 Å². The molecule has 3 unspecified atom stereocenters. The lowest BCUT2D eigenvalue weighted by Gasteiger charge is -2.38. The number of halogens is 3. The Morgan fingerprint density at radius 2 is 2.14 bits per heavy atom. The first kappa shape index (κ1) is 25.2. The Morgan fingerprint density at radius 3 is 2.86 bits per heavy atom. The number of nitrogens with zero attached hydrogens (tertiary/aromatic N) is 3. The number of methoxy groups -OCH3 is 1. The molecular weight excluding hydrogens is 479 g/mol. The average molecular weight is 512 g/mol. The second kappa shape index (κ2) is 9.46. The molecule has 2 saturated heterocycles. The van der Waals surface area contributed by atoms with E-state index in [4.69, 9.17) is 15.2 Å². The van der Waals surface area contributed by atoms with E-state index in [0.717, 1.165) is 25.1 Å². The average Bonchev–Trinajstić information content (AvgIpc) is 3.41. The zero-order valence-electron chi connectivity index (χ0n) is 20.2. The molecule has 3 fully saturated rings. The highest BCUT2D eigenvalue weighted by Crippen LogP contribution is 2.53. The van der Waals surface area contributed by atoms with E-state index < -0.39 is 29.4 Å². The van der Waals surface area contributed by atoms with Gasteiger partial charge in [0.05, 0.1) is 29.9 Å². The van der Waals surface area contributed by atoms with Gasteiger partial charge in [0.25, 0.3) is 0 Å². The quantitative estimate of drug-likeness (QED) is 0.639. The smallest absolute Gasteiger partial charge is 0.379 e. The predicted molar refractivity (Wildman–Crippen MR) is 121 cm³/mol. The lowest BCUT2D eigenvalue weighted by Crippen LogP contribution is -2.58. The van der Waals surface area contributed by atoms with Crippen LogP contribution in [0.5, 0.6) is 0 Å². The van der Waals surface area contributed by atoms with Crippen LogP contribution >= 0.6 is 0 Å². The van der Waals surface area contributed by atoms with Gasteiger partial charge >= 0.3 is 12.2 Å². The molecular formula is C24H32F3N5O4. The summed E-state index contributed by atoms with van der Waals surface area (Å²) < 4.78 is 50.8. The number of rotatable bonds is 4. The van der Waals surface area contributed by atoms with Gasteiger partial charge < -0.3 is 25.0 Å². The molecule has 0 aromatic carbocycles. The van der Waals surface area contributed by atoms with Crippen molar-refractivity contribution in [1.29, 1.82) is 0 Å². The second-order valence-corrected chi connectivity index (χ2v) is 10.3. The summed E-state index contributed by atoms with van der Waals surface area (Å²) in [6.07, 6.45) is -0.996. The summed E-state index contributed by atoms with van der Waals surface area (Å²) in [4.78, 5) is 33.7. The summed E-state index contributed by atoms with van der Waals surface area (Å²) in [7, 11) is 1.62. The molecule has 3 amide bonds. The number of likely N-dealkylation sites (tertiary alicyclic amines) is 1. The second-order valence-electron chi connectivity index (χ2n) is 10.3. The first-order valence-corrected chi connectivity index (χ1v) is 12.4. The maximum Gasteiger partial charge on any atom is 0.417 e. The van der Waals surface area contributed by atoms with Crippen LogP contribution < -0.4 is 11.1 Å². The maximum absolute atomic E-state index is 14.1. The van der Waals surface area contributed by atoms with Crippen LogP contribution in [0.15, 0.2) is 12.3 Å². The molecule has 12 heteroatoms. The summed E-state index contributed by atoms with van der Waals surface area (Å²) in [5, 5.41) is 3.56. The molecule has 36 heavy (non-hydrogen) atoms. The number of carbonyl (C=O) groups excluding carboxylic acids is 2. The van der Waals surface area contributed by atoms with Crippen molar-refractivity contribution in [3.8, 4) is 0 Å². The van der Waals surface area contributed by atoms with Gasteiger partial charge in [0.2, 0.25) is 5.91 Å². The van der Waals surface area contributed by atoms with Gasteiger partial charge in [0, 0.05) is 63.6 Å². The number of urea groups is 1. The van der Waals surface area contributed by atoms with Gasteiger partial charge in [-0.2, -0.15) is 13.2 Å². The summed E-state index contributed by atoms with van der Waals surface area (Å²) in [5.41, 5.74) is 5.13. The Labute approximate surface area is 207 Å². The van der Waals surface area contributed by atoms with Crippen LogP contribution in [0.3, 0.4) is 0 Å². The Balaban J connectivity index is 1.39. The van der Waals surface area contributed by atoms with Crippen molar-refractivity contribution in [3.63, 3.8) is 0 Å². The minimum Gasteiger partial charge on any atom is -0.379 e. The Kier molecular flexibility index (Phi) is 6.63. The number of pyridine rings is 1. The van der Waals surface area contributed by atoms with E-state index in [-0.39, 0.29) is 37.1 Å². The fourth-order valence-electron chi connectivity index (χ4n) is 6.55. The normalized spacial score (nSPS) is 32.3. The van der Waals surface area contributed by atoms with Crippen LogP contribution in [0.1, 0.15) is 42.5 Å². The monoisotopic (exact) mass is 511 g/mol. The molecule has 3 N–H and O–H groups in total. The van der Waals surface area contributed by atoms with E-state index in [1.54, 1.807) is 16.9 Å². The lowest BCUT2D eigenvalue weighted by molar-refractivity contribution is -0.144. The molecule has 5 atom stereocenters. The minimum absolute atomic E-state index is 0.0594. The van der Waals surface area contributed by atoms with E-state index in [2.05, 4.69) is 10.3 Å². The van der Waals surface area contributed by atoms with Crippen LogP contribution in [-0.4, -0.2) is 78.4 Å². The highest BCUT2D eigenvalue weighted by molar-refractivity contribution is 5.86. The van der Waals surface area contributed by atoms with Crippen molar-refractivity contribution in [2.45, 2.75) is 63.1 Å². The van der Waals surface area contributed by atoms with Gasteiger partial charge in [-0.3, -0.25) is 15.1 Å². The Hall–Kier alpha value is -2.44. The molecule has 9 nitrogen and oxygen atoms in total. The third kappa shape index (κ3) is 4.32. The lowest BCUT2D eigenvalue weighted by atomic mass is 9.77. The van der Waals surface area contributed by atoms with Crippen LogP contribution in [0.2, 0.25) is 0 Å². The summed E-state index contributed by atoms with van der Waals surface area (Å²) in [6, 6.07) is 0.435. The van der Waals surface area contributed by atoms with Crippen LogP contribution in [-0.2, 0) is 33.4 Å². The van der Waals surface area contributed by atoms with Crippen molar-refractivity contribution in [2.24, 2.45) is 17.1 Å². The third-order valence-electron chi connectivity index (χ3n) is 8.37. The van der Waals surface area contributed by atoms with Crippen molar-refractivity contribution in [1.82, 2.24) is 20.1 Å². The minimum atomic E-state index is -4.50. The first-order valence-electron chi connectivity index (χ1n) is 12.4. The van der Waals surface area contributed by atoms with E-state index in [0.29, 0.717) is 50.3 Å². The van der Waals surface area contributed by atoms with E-state index >= 15 is 0 Å². The van der Waals surface area contributed by atoms with Crippen molar-refractivity contribution in [2.75, 3.05) is 33.4 Å². The number of amides is 3. The SMILES string of the molecule is CO[C@@H]1COCC[C@H]1NC1C2CCCC2(C(=O)N2CCc3ncc(C(F)(F)F)cc3C2)CN1C(N)=O. The number of hydrogen-bond donors (Lipinski definition) is 2. The highest BCUT2D eigenvalue weighted by atomic mass is 19.4. The van der Waals surface area contributed by atoms with Gasteiger partial charge in [0.1, 0.15) is 0 Å². The molecule has 3 aliphatic heterocycles. The van der Waals surface area contributed by atoms with Crippen LogP contribution in [0.4, 0.5) is 18.0 Å². The number of primary amides is 1. The standard InChI is InChI=1S/C24H32F3N5O4/c1-35-19-12-36-8-5-18(19)30-20-16-3-2-6-23(16,13-32(20)22(28)34)21(33)31-7-4-17-14(11-31)9-15(10-29-17)24(25,26)27/h9-10,16,18-20,30H,2-8,11-13H2,1H3,(H2,28,34)/t16?,18-,19-,20?,23?/m1/s1. The first-order chi connectivity index (χ1) is 17.1. The molecule has 5 rings (SSSR count). The Bertz CT molecular complexity index is 1020. The molecule has 0 radical (unpaired) electrons. The fourth-order valence-corrected chi connectivity index (χ4v) is 6.55. The molecule has 198 valence electrons. The predicted octanol–water partition coefficient (Wildman–Crippen LogP) is 1.89. The van der Waals surface area contributed by atoms with Crippen molar-refractivity contribution >= 4 is 11.9 Å². The molecule has 0 bridgehead atoms. The highest BCUT2D eigenvalue weighted by Gasteiger charge is 2.61. The molecule has 4 heterocycles. The van der Waals surface area contributed by atoms with E-state index in [1.165, 1.54) is 0 Å². The van der Waals surface area contributed by atoms with E-state index in [9.17, 15) is 22.8 Å². The molecule has 4 aliphatic rings. The summed E-state index contributed by atoms with van der Waals surface area (Å²) in [5.74, 6) is -0.280. The Morgan fingerprint density at radius 1 is 1.33 bits per heavy atom. The van der Waals surface area contributed by atoms with Crippen molar-refractivity contribution < 1.29 is 32.2 Å². The zero-order valence-corrected chi connectivity index (χ0v) is 20.2. The van der Waals surface area contributed by atoms with Crippen molar-refractivity contribution in [3.05, 3.63) is 29.1 Å². The number of ether oxygens (including phenoxy) is 2. The van der Waals surface area contributed by atoms with Gasteiger partial charge in [-0.15, -0.1) is 0 Å². The molecule has 0 spiro atoms. The number of alkyl halides is 3. The van der Waals surface area contributed by atoms with Crippen LogP contribution in [0, 0.1) is 11.3 Å². The van der Waals surface area contributed by atoms with Gasteiger partial charge in [-0.25, -0.2) is 4.79 Å². The molecule has 1 aromatic heterocycles. The van der Waals surface area contributed by atoms with Crippen LogP contribution in [0.25, 0.3) is 0 Å². The largest absolute Gasteiger partial charge is 0.417 e. The van der Waals surface area contributed by atoms with E-state index in [1.807, 2.05) is 0 Å². The number of nitrogens with two attached hydrogens (primary N) is 1. The maximum atomic E-state index is 14.1. The molecule has 1 aliphatic carbocycles. The number of carbonyl (C=O) groups is 2.